The highest BCUT2D eigenvalue weighted by molar-refractivity contribution is 9.10. The van der Waals surface area contributed by atoms with Gasteiger partial charge in [0.25, 0.3) is 0 Å². The molecule has 0 radical (unpaired) electrons. The van der Waals surface area contributed by atoms with Gasteiger partial charge >= 0.3 is 0 Å². The lowest BCUT2D eigenvalue weighted by Gasteiger charge is -2.26. The molecule has 2 rings (SSSR count). The minimum absolute atomic E-state index is 0.0108. The molecular weight excluding hydrogens is 297 g/mol. The topological polar surface area (TPSA) is 46.2 Å². The van der Waals surface area contributed by atoms with E-state index in [0.717, 1.165) is 25.3 Å². The van der Waals surface area contributed by atoms with Gasteiger partial charge in [-0.2, -0.15) is 0 Å². The molecule has 0 aliphatic heterocycles. The molecule has 0 amide bonds. The molecule has 1 aromatic rings. The summed E-state index contributed by atoms with van der Waals surface area (Å²) in [6.45, 7) is 0. The summed E-state index contributed by atoms with van der Waals surface area (Å²) in [6, 6.07) is 3.81. The Morgan fingerprint density at radius 2 is 2.06 bits per heavy atom. The van der Waals surface area contributed by atoms with Crippen LogP contribution in [-0.4, -0.2) is 14.5 Å². The normalized spacial score (nSPS) is 17.1. The van der Waals surface area contributed by atoms with Crippen molar-refractivity contribution in [3.63, 3.8) is 0 Å². The Hall–Kier alpha value is -0.460. The Kier molecular flexibility index (Phi) is 3.32. The average Bonchev–Trinajstić information content (AvgIpc) is 2.16. The van der Waals surface area contributed by atoms with Crippen LogP contribution in [0, 0.1) is 5.82 Å². The summed E-state index contributed by atoms with van der Waals surface area (Å²) in [7, 11) is -3.57. The van der Waals surface area contributed by atoms with Crippen molar-refractivity contribution in [1.82, 2.24) is 4.72 Å². The van der Waals surface area contributed by atoms with Crippen molar-refractivity contribution in [3.05, 3.63) is 28.5 Å². The third-order valence-corrected chi connectivity index (χ3v) is 4.79. The summed E-state index contributed by atoms with van der Waals surface area (Å²) in [5, 5.41) is 0. The van der Waals surface area contributed by atoms with E-state index in [1.165, 1.54) is 12.1 Å². The molecular formula is C10H11BrFNO2S. The largest absolute Gasteiger partial charge is 0.240 e. The molecule has 6 heteroatoms. The SMILES string of the molecule is O=S(=O)(NC1CCC1)c1ccc(Br)c(F)c1. The Bertz CT molecular complexity index is 500. The summed E-state index contributed by atoms with van der Waals surface area (Å²) in [4.78, 5) is -0.0277. The molecule has 1 saturated carbocycles. The zero-order valence-corrected chi connectivity index (χ0v) is 10.8. The second-order valence-electron chi connectivity index (χ2n) is 3.83. The molecule has 0 unspecified atom stereocenters. The molecule has 0 saturated heterocycles. The molecule has 0 spiro atoms. The van der Waals surface area contributed by atoms with E-state index in [-0.39, 0.29) is 15.4 Å². The molecule has 0 atom stereocenters. The van der Waals surface area contributed by atoms with E-state index in [0.29, 0.717) is 0 Å². The molecule has 0 aromatic heterocycles. The van der Waals surface area contributed by atoms with Crippen LogP contribution in [0.5, 0.6) is 0 Å². The third-order valence-electron chi connectivity index (χ3n) is 2.63. The van der Waals surface area contributed by atoms with Crippen LogP contribution in [0.1, 0.15) is 19.3 Å². The Morgan fingerprint density at radius 1 is 1.38 bits per heavy atom. The fourth-order valence-electron chi connectivity index (χ4n) is 1.46. The number of nitrogens with one attached hydrogen (secondary N) is 1. The van der Waals surface area contributed by atoms with Crippen LogP contribution in [0.3, 0.4) is 0 Å². The first-order chi connectivity index (χ1) is 7.49. The molecule has 1 N–H and O–H groups in total. The van der Waals surface area contributed by atoms with E-state index in [1.807, 2.05) is 0 Å². The monoisotopic (exact) mass is 307 g/mol. The van der Waals surface area contributed by atoms with E-state index in [4.69, 9.17) is 0 Å². The van der Waals surface area contributed by atoms with Crippen molar-refractivity contribution >= 4 is 26.0 Å². The van der Waals surface area contributed by atoms with Crippen molar-refractivity contribution in [3.8, 4) is 0 Å². The van der Waals surface area contributed by atoms with Crippen LogP contribution in [0.25, 0.3) is 0 Å². The standard InChI is InChI=1S/C10H11BrFNO2S/c11-9-5-4-8(6-10(9)12)16(14,15)13-7-2-1-3-7/h4-7,13H,1-3H2. The molecule has 16 heavy (non-hydrogen) atoms. The smallest absolute Gasteiger partial charge is 0.208 e. The zero-order valence-electron chi connectivity index (χ0n) is 8.41. The lowest BCUT2D eigenvalue weighted by Crippen LogP contribution is -2.39. The van der Waals surface area contributed by atoms with Gasteiger partial charge in [-0.25, -0.2) is 17.5 Å². The second kappa shape index (κ2) is 4.43. The lowest BCUT2D eigenvalue weighted by molar-refractivity contribution is 0.383. The molecule has 1 fully saturated rings. The number of halogens is 2. The average molecular weight is 308 g/mol. The first-order valence-corrected chi connectivity index (χ1v) is 7.24. The summed E-state index contributed by atoms with van der Waals surface area (Å²) < 4.78 is 39.6. The van der Waals surface area contributed by atoms with Crippen molar-refractivity contribution < 1.29 is 12.8 Å². The fourth-order valence-corrected chi connectivity index (χ4v) is 3.02. The molecule has 88 valence electrons. The van der Waals surface area contributed by atoms with Gasteiger partial charge in [0.15, 0.2) is 0 Å². The van der Waals surface area contributed by atoms with E-state index >= 15 is 0 Å². The van der Waals surface area contributed by atoms with Gasteiger partial charge in [-0.15, -0.1) is 0 Å². The molecule has 0 heterocycles. The van der Waals surface area contributed by atoms with Crippen LogP contribution in [0.2, 0.25) is 0 Å². The maximum absolute atomic E-state index is 13.2. The third kappa shape index (κ3) is 2.44. The number of rotatable bonds is 3. The number of benzene rings is 1. The lowest BCUT2D eigenvalue weighted by atomic mass is 9.94. The first kappa shape index (κ1) is 12.0. The van der Waals surface area contributed by atoms with Gasteiger partial charge in [0, 0.05) is 6.04 Å². The highest BCUT2D eigenvalue weighted by atomic mass is 79.9. The highest BCUT2D eigenvalue weighted by Gasteiger charge is 2.25. The van der Waals surface area contributed by atoms with E-state index in [9.17, 15) is 12.8 Å². The van der Waals surface area contributed by atoms with Crippen molar-refractivity contribution in [1.29, 1.82) is 0 Å². The van der Waals surface area contributed by atoms with Gasteiger partial charge in [0.05, 0.1) is 9.37 Å². The van der Waals surface area contributed by atoms with Crippen molar-refractivity contribution in [2.24, 2.45) is 0 Å². The minimum Gasteiger partial charge on any atom is -0.208 e. The molecule has 3 nitrogen and oxygen atoms in total. The number of hydrogen-bond donors (Lipinski definition) is 1. The first-order valence-electron chi connectivity index (χ1n) is 4.96. The van der Waals surface area contributed by atoms with Crippen LogP contribution >= 0.6 is 15.9 Å². The van der Waals surface area contributed by atoms with Gasteiger partial charge in [-0.05, 0) is 47.0 Å². The summed E-state index contributed by atoms with van der Waals surface area (Å²) in [5.74, 6) is -0.573. The summed E-state index contributed by atoms with van der Waals surface area (Å²) >= 11 is 2.98. The molecule has 1 aliphatic rings. The Morgan fingerprint density at radius 3 is 2.56 bits per heavy atom. The predicted octanol–water partition coefficient (Wildman–Crippen LogP) is 2.42. The van der Waals surface area contributed by atoms with Gasteiger partial charge in [0.1, 0.15) is 5.82 Å². The van der Waals surface area contributed by atoms with Crippen molar-refractivity contribution in [2.45, 2.75) is 30.2 Å². The molecule has 1 aliphatic carbocycles. The van der Waals surface area contributed by atoms with Gasteiger partial charge in [-0.3, -0.25) is 0 Å². The zero-order chi connectivity index (χ0) is 11.8. The van der Waals surface area contributed by atoms with Gasteiger partial charge in [-0.1, -0.05) is 6.42 Å². The van der Waals surface area contributed by atoms with Crippen molar-refractivity contribution in [2.75, 3.05) is 0 Å². The van der Waals surface area contributed by atoms with Gasteiger partial charge in [0.2, 0.25) is 10.0 Å². The summed E-state index contributed by atoms with van der Waals surface area (Å²) in [6.07, 6.45) is 2.76. The van der Waals surface area contributed by atoms with E-state index < -0.39 is 15.8 Å². The predicted molar refractivity (Wildman–Crippen MR) is 62.1 cm³/mol. The second-order valence-corrected chi connectivity index (χ2v) is 6.39. The maximum Gasteiger partial charge on any atom is 0.240 e. The Labute approximate surface area is 102 Å². The van der Waals surface area contributed by atoms with Crippen LogP contribution in [0.4, 0.5) is 4.39 Å². The van der Waals surface area contributed by atoms with Crippen LogP contribution in [-0.2, 0) is 10.0 Å². The molecule has 0 bridgehead atoms. The minimum atomic E-state index is -3.57. The van der Waals surface area contributed by atoms with E-state index in [1.54, 1.807) is 0 Å². The Balaban J connectivity index is 2.24. The number of hydrogen-bond acceptors (Lipinski definition) is 2. The van der Waals surface area contributed by atoms with Crippen LogP contribution < -0.4 is 4.72 Å². The molecule has 1 aromatic carbocycles. The van der Waals surface area contributed by atoms with Crippen LogP contribution in [0.15, 0.2) is 27.6 Å². The number of sulfonamides is 1. The summed E-state index contributed by atoms with van der Waals surface area (Å²) in [5.41, 5.74) is 0. The quantitative estimate of drug-likeness (QED) is 0.932. The maximum atomic E-state index is 13.2. The highest BCUT2D eigenvalue weighted by Crippen LogP contribution is 2.23. The fraction of sp³-hybridized carbons (Fsp3) is 0.400. The van der Waals surface area contributed by atoms with Gasteiger partial charge < -0.3 is 0 Å². The van der Waals surface area contributed by atoms with E-state index in [2.05, 4.69) is 20.7 Å².